The van der Waals surface area contributed by atoms with Gasteiger partial charge in [-0.15, -0.1) is 0 Å². The van der Waals surface area contributed by atoms with E-state index in [4.69, 9.17) is 9.84 Å². The van der Waals surface area contributed by atoms with Gasteiger partial charge < -0.3 is 9.84 Å². The first-order valence-electron chi connectivity index (χ1n) is 4.11. The van der Waals surface area contributed by atoms with E-state index in [1.54, 1.807) is 6.92 Å². The van der Waals surface area contributed by atoms with Crippen LogP contribution in [0.4, 0.5) is 0 Å². The highest BCUT2D eigenvalue weighted by molar-refractivity contribution is 5.87. The summed E-state index contributed by atoms with van der Waals surface area (Å²) in [5.41, 5.74) is 0.472. The number of hydrogen-bond donors (Lipinski definition) is 1. The fourth-order valence-electron chi connectivity index (χ4n) is 0.651. The zero-order valence-corrected chi connectivity index (χ0v) is 7.67. The molecule has 0 bridgehead atoms. The number of hydrogen-bond acceptors (Lipinski definition) is 3. The van der Waals surface area contributed by atoms with Crippen molar-refractivity contribution < 1.29 is 14.6 Å². The van der Waals surface area contributed by atoms with Gasteiger partial charge in [0.15, 0.2) is 0 Å². The van der Waals surface area contributed by atoms with Crippen molar-refractivity contribution in [1.29, 1.82) is 0 Å². The van der Waals surface area contributed by atoms with E-state index in [1.165, 1.54) is 0 Å². The normalized spacial score (nSPS) is 12.2. The highest BCUT2D eigenvalue weighted by Crippen LogP contribution is 2.04. The number of carbonyl (C=O) groups is 1. The molecule has 1 N–H and O–H groups in total. The monoisotopic (exact) mass is 172 g/mol. The van der Waals surface area contributed by atoms with Gasteiger partial charge in [-0.25, -0.2) is 4.79 Å². The van der Waals surface area contributed by atoms with Gasteiger partial charge in [0.05, 0.1) is 0 Å². The second-order valence-corrected chi connectivity index (χ2v) is 2.69. The molecular formula is C9H16O3. The summed E-state index contributed by atoms with van der Waals surface area (Å²) >= 11 is 0. The zero-order chi connectivity index (χ0) is 9.56. The van der Waals surface area contributed by atoms with E-state index in [2.05, 4.69) is 6.58 Å². The van der Waals surface area contributed by atoms with Gasteiger partial charge in [0.1, 0.15) is 6.10 Å². The van der Waals surface area contributed by atoms with Crippen LogP contribution in [0.25, 0.3) is 0 Å². The maximum absolute atomic E-state index is 11.1. The van der Waals surface area contributed by atoms with Gasteiger partial charge in [0.2, 0.25) is 0 Å². The van der Waals surface area contributed by atoms with Crippen LogP contribution in [0.3, 0.4) is 0 Å². The maximum Gasteiger partial charge on any atom is 0.333 e. The lowest BCUT2D eigenvalue weighted by molar-refractivity contribution is -0.144. The molecule has 0 aromatic rings. The molecule has 0 rings (SSSR count). The lowest BCUT2D eigenvalue weighted by Gasteiger charge is -2.11. The summed E-state index contributed by atoms with van der Waals surface area (Å²) in [6.07, 6.45) is 0.846. The Morgan fingerprint density at radius 3 is 2.67 bits per heavy atom. The Balaban J connectivity index is 3.76. The van der Waals surface area contributed by atoms with Crippen LogP contribution in [0.2, 0.25) is 0 Å². The fourth-order valence-corrected chi connectivity index (χ4v) is 0.651. The van der Waals surface area contributed by atoms with Crippen LogP contribution in [-0.4, -0.2) is 23.8 Å². The number of aliphatic hydroxyl groups is 1. The Bertz CT molecular complexity index is 163. The van der Waals surface area contributed by atoms with Crippen LogP contribution in [0, 0.1) is 0 Å². The molecule has 1 unspecified atom stereocenters. The average molecular weight is 172 g/mol. The van der Waals surface area contributed by atoms with Crippen LogP contribution in [-0.2, 0) is 9.53 Å². The molecule has 0 aromatic carbocycles. The Kier molecular flexibility index (Phi) is 5.37. The number of rotatable bonds is 5. The molecular weight excluding hydrogens is 156 g/mol. The SMILES string of the molecule is C=C(CC)C(=O)OC(C)CCO. The quantitative estimate of drug-likeness (QED) is 0.501. The van der Waals surface area contributed by atoms with E-state index >= 15 is 0 Å². The van der Waals surface area contributed by atoms with Crippen molar-refractivity contribution in [3.05, 3.63) is 12.2 Å². The van der Waals surface area contributed by atoms with Crippen molar-refractivity contribution >= 4 is 5.97 Å². The molecule has 0 aromatic heterocycles. The standard InChI is InChI=1S/C9H16O3/c1-4-7(2)9(11)12-8(3)5-6-10/h8,10H,2,4-6H2,1,3H3. The largest absolute Gasteiger partial charge is 0.459 e. The molecule has 0 amide bonds. The zero-order valence-electron chi connectivity index (χ0n) is 7.67. The molecule has 0 aliphatic heterocycles. The first-order chi connectivity index (χ1) is 5.61. The van der Waals surface area contributed by atoms with Crippen LogP contribution in [0.1, 0.15) is 26.7 Å². The van der Waals surface area contributed by atoms with Crippen molar-refractivity contribution in [2.24, 2.45) is 0 Å². The third-order valence-corrected chi connectivity index (χ3v) is 1.56. The molecule has 0 heterocycles. The molecule has 0 spiro atoms. The summed E-state index contributed by atoms with van der Waals surface area (Å²) in [5.74, 6) is -0.363. The van der Waals surface area contributed by atoms with Crippen LogP contribution >= 0.6 is 0 Å². The van der Waals surface area contributed by atoms with Gasteiger partial charge in [-0.2, -0.15) is 0 Å². The Morgan fingerprint density at radius 2 is 2.25 bits per heavy atom. The summed E-state index contributed by atoms with van der Waals surface area (Å²) < 4.78 is 4.94. The molecule has 0 saturated carbocycles. The Labute approximate surface area is 73.0 Å². The molecule has 0 radical (unpaired) electrons. The van der Waals surface area contributed by atoms with E-state index in [-0.39, 0.29) is 18.7 Å². The van der Waals surface area contributed by atoms with Crippen LogP contribution < -0.4 is 0 Å². The highest BCUT2D eigenvalue weighted by Gasteiger charge is 2.10. The van der Waals surface area contributed by atoms with Gasteiger partial charge in [-0.05, 0) is 13.3 Å². The van der Waals surface area contributed by atoms with E-state index in [1.807, 2.05) is 6.92 Å². The minimum atomic E-state index is -0.363. The van der Waals surface area contributed by atoms with E-state index in [0.29, 0.717) is 18.4 Å². The van der Waals surface area contributed by atoms with E-state index in [9.17, 15) is 4.79 Å². The van der Waals surface area contributed by atoms with E-state index < -0.39 is 0 Å². The first-order valence-corrected chi connectivity index (χ1v) is 4.11. The van der Waals surface area contributed by atoms with Gasteiger partial charge in [0.25, 0.3) is 0 Å². The predicted molar refractivity (Wildman–Crippen MR) is 46.7 cm³/mol. The minimum Gasteiger partial charge on any atom is -0.459 e. The molecule has 0 aliphatic carbocycles. The third kappa shape index (κ3) is 4.13. The molecule has 12 heavy (non-hydrogen) atoms. The number of carbonyl (C=O) groups excluding carboxylic acids is 1. The Hall–Kier alpha value is -0.830. The molecule has 1 atom stereocenters. The summed E-state index contributed by atoms with van der Waals surface area (Å²) in [7, 11) is 0. The van der Waals surface area contributed by atoms with Gasteiger partial charge in [-0.3, -0.25) is 0 Å². The topological polar surface area (TPSA) is 46.5 Å². The summed E-state index contributed by atoms with van der Waals surface area (Å²) in [6, 6.07) is 0. The van der Waals surface area contributed by atoms with Crippen molar-refractivity contribution in [2.75, 3.05) is 6.61 Å². The molecule has 70 valence electrons. The lowest BCUT2D eigenvalue weighted by Crippen LogP contribution is -2.17. The molecule has 0 aliphatic rings. The Morgan fingerprint density at radius 1 is 1.67 bits per heavy atom. The number of aliphatic hydroxyl groups excluding tert-OH is 1. The van der Waals surface area contributed by atoms with Gasteiger partial charge >= 0.3 is 5.97 Å². The van der Waals surface area contributed by atoms with Crippen molar-refractivity contribution in [1.82, 2.24) is 0 Å². The minimum absolute atomic E-state index is 0.0348. The number of ether oxygens (including phenoxy) is 1. The number of esters is 1. The summed E-state index contributed by atoms with van der Waals surface area (Å²) in [5, 5.41) is 8.53. The first kappa shape index (κ1) is 11.2. The van der Waals surface area contributed by atoms with Crippen molar-refractivity contribution in [3.8, 4) is 0 Å². The van der Waals surface area contributed by atoms with Gasteiger partial charge in [0, 0.05) is 18.6 Å². The fraction of sp³-hybridized carbons (Fsp3) is 0.667. The molecule has 0 fully saturated rings. The van der Waals surface area contributed by atoms with Crippen LogP contribution in [0.15, 0.2) is 12.2 Å². The van der Waals surface area contributed by atoms with Crippen LogP contribution in [0.5, 0.6) is 0 Å². The molecule has 3 nitrogen and oxygen atoms in total. The highest BCUT2D eigenvalue weighted by atomic mass is 16.5. The second kappa shape index (κ2) is 5.77. The predicted octanol–water partition coefficient (Wildman–Crippen LogP) is 1.27. The van der Waals surface area contributed by atoms with Crippen molar-refractivity contribution in [3.63, 3.8) is 0 Å². The molecule has 3 heteroatoms. The van der Waals surface area contributed by atoms with E-state index in [0.717, 1.165) is 0 Å². The maximum atomic E-state index is 11.1. The summed E-state index contributed by atoms with van der Waals surface area (Å²) in [6.45, 7) is 7.18. The lowest BCUT2D eigenvalue weighted by atomic mass is 10.2. The third-order valence-electron chi connectivity index (χ3n) is 1.56. The summed E-state index contributed by atoms with van der Waals surface area (Å²) in [4.78, 5) is 11.1. The second-order valence-electron chi connectivity index (χ2n) is 2.69. The van der Waals surface area contributed by atoms with Crippen molar-refractivity contribution in [2.45, 2.75) is 32.8 Å². The average Bonchev–Trinajstić information content (AvgIpc) is 2.03. The molecule has 0 saturated heterocycles. The van der Waals surface area contributed by atoms with Gasteiger partial charge in [-0.1, -0.05) is 13.5 Å². The smallest absolute Gasteiger partial charge is 0.333 e.